The zero-order valence-corrected chi connectivity index (χ0v) is 13.6. The van der Waals surface area contributed by atoms with E-state index < -0.39 is 6.09 Å². The average molecular weight is 349 g/mol. The fourth-order valence-corrected chi connectivity index (χ4v) is 3.27. The molecule has 2 aromatic carbocycles. The van der Waals surface area contributed by atoms with E-state index in [1.54, 1.807) is 34.3 Å². The Morgan fingerprint density at radius 2 is 2.04 bits per heavy atom. The first-order valence-corrected chi connectivity index (χ1v) is 8.07. The van der Waals surface area contributed by atoms with Crippen molar-refractivity contribution in [3.8, 4) is 0 Å². The summed E-state index contributed by atoms with van der Waals surface area (Å²) < 4.78 is 7.59. The van der Waals surface area contributed by atoms with Crippen molar-refractivity contribution < 1.29 is 9.53 Å². The molecule has 23 heavy (non-hydrogen) atoms. The summed E-state index contributed by atoms with van der Waals surface area (Å²) in [5, 5.41) is 3.79. The monoisotopic (exact) mass is 348 g/mol. The normalized spacial score (nSPS) is 10.7. The minimum atomic E-state index is -0.582. The first kappa shape index (κ1) is 15.6. The van der Waals surface area contributed by atoms with Gasteiger partial charge in [0.1, 0.15) is 6.61 Å². The van der Waals surface area contributed by atoms with Crippen LogP contribution in [0.3, 0.4) is 0 Å². The summed E-state index contributed by atoms with van der Waals surface area (Å²) >= 11 is 7.20. The molecule has 0 saturated carbocycles. The van der Waals surface area contributed by atoms with Gasteiger partial charge in [-0.25, -0.2) is 4.79 Å². The second kappa shape index (κ2) is 6.85. The highest BCUT2D eigenvalue weighted by Crippen LogP contribution is 2.16. The van der Waals surface area contributed by atoms with Gasteiger partial charge in [-0.15, -0.1) is 0 Å². The molecule has 1 aromatic heterocycles. The summed E-state index contributed by atoms with van der Waals surface area (Å²) in [7, 11) is 0. The molecule has 7 heteroatoms. The van der Waals surface area contributed by atoms with E-state index in [0.29, 0.717) is 22.6 Å². The quantitative estimate of drug-likeness (QED) is 0.776. The van der Waals surface area contributed by atoms with Crippen molar-refractivity contribution >= 4 is 45.0 Å². The van der Waals surface area contributed by atoms with Crippen molar-refractivity contribution in [2.24, 2.45) is 0 Å². The topological polar surface area (TPSA) is 60.3 Å². The predicted octanol–water partition coefficient (Wildman–Crippen LogP) is 3.97. The van der Waals surface area contributed by atoms with Crippen molar-refractivity contribution in [1.82, 2.24) is 3.96 Å². The molecule has 3 rings (SSSR count). The number of hydrogen-bond acceptors (Lipinski definition) is 4. The lowest BCUT2D eigenvalue weighted by atomic mass is 10.3. The summed E-state index contributed by atoms with van der Waals surface area (Å²) in [5.74, 6) is 0. The number of fused-ring (bicyclic) bond motifs is 1. The second-order valence-electron chi connectivity index (χ2n) is 4.77. The molecular weight excluding hydrogens is 336 g/mol. The molecule has 0 aliphatic heterocycles. The van der Waals surface area contributed by atoms with Gasteiger partial charge in [0.25, 0.3) is 5.56 Å². The molecule has 0 bridgehead atoms. The fourth-order valence-electron chi connectivity index (χ4n) is 2.11. The molecule has 0 radical (unpaired) electrons. The van der Waals surface area contributed by atoms with Crippen LogP contribution < -0.4 is 10.9 Å². The summed E-state index contributed by atoms with van der Waals surface area (Å²) in [5.41, 5.74) is 0.492. The summed E-state index contributed by atoms with van der Waals surface area (Å²) in [4.78, 5) is 23.8. The Labute approximate surface area is 141 Å². The zero-order chi connectivity index (χ0) is 16.2. The van der Waals surface area contributed by atoms with Gasteiger partial charge in [0.2, 0.25) is 0 Å². The fraction of sp³-hybridized carbons (Fsp3) is 0.125. The summed E-state index contributed by atoms with van der Waals surface area (Å²) in [6.07, 6.45) is -0.582. The van der Waals surface area contributed by atoms with Crippen LogP contribution in [0.25, 0.3) is 10.1 Å². The third-order valence-electron chi connectivity index (χ3n) is 3.15. The van der Waals surface area contributed by atoms with E-state index in [-0.39, 0.29) is 12.2 Å². The number of aromatic nitrogens is 1. The van der Waals surface area contributed by atoms with E-state index in [0.717, 1.165) is 4.70 Å². The number of carbonyl (C=O) groups excluding carboxylic acids is 1. The van der Waals surface area contributed by atoms with Gasteiger partial charge in [-0.3, -0.25) is 14.1 Å². The number of nitrogens with one attached hydrogen (secondary N) is 1. The second-order valence-corrected chi connectivity index (χ2v) is 6.27. The van der Waals surface area contributed by atoms with E-state index in [2.05, 4.69) is 5.32 Å². The number of carbonyl (C=O) groups is 1. The van der Waals surface area contributed by atoms with Gasteiger partial charge < -0.3 is 4.74 Å². The van der Waals surface area contributed by atoms with Crippen LogP contribution in [0.15, 0.2) is 53.3 Å². The molecule has 0 aliphatic rings. The lowest BCUT2D eigenvalue weighted by molar-refractivity contribution is 0.158. The maximum atomic E-state index is 12.1. The Bertz CT molecular complexity index is 903. The van der Waals surface area contributed by atoms with E-state index >= 15 is 0 Å². The van der Waals surface area contributed by atoms with E-state index in [1.807, 2.05) is 18.2 Å². The molecule has 1 N–H and O–H groups in total. The maximum Gasteiger partial charge on any atom is 0.411 e. The first-order valence-electron chi connectivity index (χ1n) is 6.92. The van der Waals surface area contributed by atoms with Crippen molar-refractivity contribution in [2.75, 3.05) is 11.9 Å². The Kier molecular flexibility index (Phi) is 4.64. The minimum absolute atomic E-state index is 0.0653. The third-order valence-corrected chi connectivity index (χ3v) is 4.51. The highest BCUT2D eigenvalue weighted by atomic mass is 35.5. The van der Waals surface area contributed by atoms with Crippen LogP contribution in [-0.2, 0) is 11.3 Å². The number of benzene rings is 2. The van der Waals surface area contributed by atoms with E-state index in [1.165, 1.54) is 11.5 Å². The van der Waals surface area contributed by atoms with Crippen LogP contribution in [0.4, 0.5) is 10.5 Å². The minimum Gasteiger partial charge on any atom is -0.447 e. The lowest BCUT2D eigenvalue weighted by Crippen LogP contribution is -2.20. The molecule has 0 aliphatic carbocycles. The van der Waals surface area contributed by atoms with Gasteiger partial charge in [-0.2, -0.15) is 0 Å². The number of hydrogen-bond donors (Lipinski definition) is 1. The highest BCUT2D eigenvalue weighted by molar-refractivity contribution is 7.13. The predicted molar refractivity (Wildman–Crippen MR) is 92.5 cm³/mol. The number of nitrogens with zero attached hydrogens (tertiary/aromatic N) is 1. The zero-order valence-electron chi connectivity index (χ0n) is 12.0. The Hall–Kier alpha value is -2.31. The van der Waals surface area contributed by atoms with Crippen LogP contribution in [0.2, 0.25) is 5.02 Å². The Morgan fingerprint density at radius 3 is 2.83 bits per heavy atom. The molecule has 3 aromatic rings. The number of halogens is 1. The van der Waals surface area contributed by atoms with E-state index in [9.17, 15) is 9.59 Å². The lowest BCUT2D eigenvalue weighted by Gasteiger charge is -2.07. The molecule has 118 valence electrons. The SMILES string of the molecule is O=C(Nc1cccc(Cl)c1)OCCn1sc2ccccc2c1=O. The standard InChI is InChI=1S/C16H13ClN2O3S/c17-11-4-3-5-12(10-11)18-16(21)22-9-8-19-15(20)13-6-1-2-7-14(13)23-19/h1-7,10H,8-9H2,(H,18,21). The van der Waals surface area contributed by atoms with Gasteiger partial charge in [0.15, 0.2) is 0 Å². The molecule has 0 fully saturated rings. The van der Waals surface area contributed by atoms with Crippen molar-refractivity contribution in [3.63, 3.8) is 0 Å². The summed E-state index contributed by atoms with van der Waals surface area (Å²) in [6, 6.07) is 14.2. The molecule has 0 saturated heterocycles. The van der Waals surface area contributed by atoms with Gasteiger partial charge in [-0.05, 0) is 30.3 Å². The number of amides is 1. The van der Waals surface area contributed by atoms with Crippen molar-refractivity contribution in [2.45, 2.75) is 6.54 Å². The Morgan fingerprint density at radius 1 is 1.22 bits per heavy atom. The molecular formula is C16H13ClN2O3S. The van der Waals surface area contributed by atoms with Gasteiger partial charge >= 0.3 is 6.09 Å². The third kappa shape index (κ3) is 3.72. The van der Waals surface area contributed by atoms with Crippen LogP contribution in [0.5, 0.6) is 0 Å². The maximum absolute atomic E-state index is 12.1. The molecule has 0 spiro atoms. The summed E-state index contributed by atoms with van der Waals surface area (Å²) in [6.45, 7) is 0.431. The largest absolute Gasteiger partial charge is 0.447 e. The molecule has 0 unspecified atom stereocenters. The van der Waals surface area contributed by atoms with Gasteiger partial charge in [0.05, 0.1) is 16.6 Å². The van der Waals surface area contributed by atoms with Crippen LogP contribution in [-0.4, -0.2) is 16.7 Å². The number of anilines is 1. The molecule has 5 nitrogen and oxygen atoms in total. The van der Waals surface area contributed by atoms with Gasteiger partial charge in [0, 0.05) is 10.7 Å². The van der Waals surface area contributed by atoms with Crippen LogP contribution >= 0.6 is 23.1 Å². The van der Waals surface area contributed by atoms with Gasteiger partial charge in [-0.1, -0.05) is 41.3 Å². The molecule has 0 atom stereocenters. The van der Waals surface area contributed by atoms with Crippen LogP contribution in [0, 0.1) is 0 Å². The van der Waals surface area contributed by atoms with Crippen molar-refractivity contribution in [3.05, 3.63) is 63.9 Å². The number of rotatable bonds is 4. The molecule has 1 amide bonds. The highest BCUT2D eigenvalue weighted by Gasteiger charge is 2.08. The number of ether oxygens (including phenoxy) is 1. The first-order chi connectivity index (χ1) is 11.1. The van der Waals surface area contributed by atoms with Crippen LogP contribution in [0.1, 0.15) is 0 Å². The van der Waals surface area contributed by atoms with Crippen molar-refractivity contribution in [1.29, 1.82) is 0 Å². The van der Waals surface area contributed by atoms with E-state index in [4.69, 9.17) is 16.3 Å². The average Bonchev–Trinajstić information content (AvgIpc) is 2.84. The smallest absolute Gasteiger partial charge is 0.411 e. The molecule has 1 heterocycles. The Balaban J connectivity index is 1.57.